The molecule has 0 aromatic heterocycles. The number of anilines is 1. The van der Waals surface area contributed by atoms with E-state index >= 15 is 0 Å². The van der Waals surface area contributed by atoms with Gasteiger partial charge in [-0.15, -0.1) is 0 Å². The minimum Gasteiger partial charge on any atom is -0.488 e. The van der Waals surface area contributed by atoms with Gasteiger partial charge >= 0.3 is 0 Å². The molecular weight excluding hydrogens is 456 g/mol. The molecule has 0 fully saturated rings. The predicted octanol–water partition coefficient (Wildman–Crippen LogP) is 3.62. The van der Waals surface area contributed by atoms with E-state index in [-0.39, 0.29) is 22.7 Å². The topological polar surface area (TPSA) is 128 Å². The first-order valence-corrected chi connectivity index (χ1v) is 12.3. The minimum absolute atomic E-state index is 0.0153. The summed E-state index contributed by atoms with van der Waals surface area (Å²) >= 11 is 0. The van der Waals surface area contributed by atoms with E-state index in [4.69, 9.17) is 15.0 Å². The summed E-state index contributed by atoms with van der Waals surface area (Å²) in [5.74, 6) is 0.854. The molecule has 5 rings (SSSR count). The number of ether oxygens (including phenoxy) is 1. The smallest absolute Gasteiger partial charge is 0.269 e. The highest BCUT2D eigenvalue weighted by molar-refractivity contribution is 7.89. The van der Waals surface area contributed by atoms with Crippen molar-refractivity contribution in [3.05, 3.63) is 94.0 Å². The summed E-state index contributed by atoms with van der Waals surface area (Å²) in [6.07, 6.45) is 2.10. The maximum atomic E-state index is 11.7. The van der Waals surface area contributed by atoms with Crippen molar-refractivity contribution in [2.75, 3.05) is 5.01 Å². The molecule has 0 aliphatic carbocycles. The molecule has 0 saturated carbocycles. The molecule has 174 valence electrons. The standard InChI is InChI=1S/C24H22N4O5S/c25-34(31,32)20-12-10-18(11-13-20)27-22(24-14-7-17-3-1-2-4-23(17)33-24)15-21(26-27)16-5-8-19(9-6-16)28(29)30/h1-6,8-13,22,24H,7,14-15H2,(H2,25,31,32). The fraction of sp³-hybridized carbons (Fsp3) is 0.208. The van der Waals surface area contributed by atoms with E-state index in [2.05, 4.69) is 6.07 Å². The molecule has 10 heteroatoms. The number of nitrogens with two attached hydrogens (primary N) is 1. The zero-order valence-corrected chi connectivity index (χ0v) is 18.9. The summed E-state index contributed by atoms with van der Waals surface area (Å²) in [7, 11) is -3.81. The van der Waals surface area contributed by atoms with Gasteiger partial charge in [0.25, 0.3) is 5.69 Å². The van der Waals surface area contributed by atoms with Crippen LogP contribution in [-0.2, 0) is 16.4 Å². The van der Waals surface area contributed by atoms with E-state index in [1.165, 1.54) is 24.3 Å². The molecule has 0 spiro atoms. The molecule has 2 aliphatic heterocycles. The number of hydrogen-bond acceptors (Lipinski definition) is 7. The van der Waals surface area contributed by atoms with Gasteiger partial charge in [-0.05, 0) is 66.4 Å². The highest BCUT2D eigenvalue weighted by Gasteiger charge is 2.38. The Morgan fingerprint density at radius 3 is 2.41 bits per heavy atom. The Morgan fingerprint density at radius 1 is 1.03 bits per heavy atom. The Kier molecular flexibility index (Phi) is 5.54. The lowest BCUT2D eigenvalue weighted by atomic mass is 9.93. The molecule has 2 aliphatic rings. The predicted molar refractivity (Wildman–Crippen MR) is 128 cm³/mol. The normalized spacial score (nSPS) is 19.8. The number of hydrazone groups is 1. The summed E-state index contributed by atoms with van der Waals surface area (Å²) in [6, 6.07) is 20.4. The number of primary sulfonamides is 1. The number of para-hydroxylation sites is 1. The third-order valence-corrected chi connectivity index (χ3v) is 7.09. The minimum atomic E-state index is -3.81. The number of fused-ring (bicyclic) bond motifs is 1. The molecule has 0 bridgehead atoms. The Morgan fingerprint density at radius 2 is 1.74 bits per heavy atom. The third-order valence-electron chi connectivity index (χ3n) is 6.16. The van der Waals surface area contributed by atoms with Crippen LogP contribution in [0.4, 0.5) is 11.4 Å². The van der Waals surface area contributed by atoms with Crippen molar-refractivity contribution in [1.82, 2.24) is 0 Å². The van der Waals surface area contributed by atoms with Gasteiger partial charge in [0.15, 0.2) is 0 Å². The SMILES string of the molecule is NS(=O)(=O)c1ccc(N2N=C(c3ccc([N+](=O)[O-])cc3)CC2C2CCc3ccccc3O2)cc1. The highest BCUT2D eigenvalue weighted by atomic mass is 32.2. The lowest BCUT2D eigenvalue weighted by Crippen LogP contribution is -2.43. The van der Waals surface area contributed by atoms with Gasteiger partial charge in [-0.25, -0.2) is 13.6 Å². The summed E-state index contributed by atoms with van der Waals surface area (Å²) in [5.41, 5.74) is 3.45. The number of nitro benzene ring substituents is 1. The van der Waals surface area contributed by atoms with E-state index in [9.17, 15) is 18.5 Å². The van der Waals surface area contributed by atoms with Crippen molar-refractivity contribution in [1.29, 1.82) is 0 Å². The Hall–Kier alpha value is -3.76. The molecule has 34 heavy (non-hydrogen) atoms. The lowest BCUT2D eigenvalue weighted by molar-refractivity contribution is -0.384. The summed E-state index contributed by atoms with van der Waals surface area (Å²) in [4.78, 5) is 10.6. The monoisotopic (exact) mass is 478 g/mol. The molecule has 2 N–H and O–H groups in total. The van der Waals surface area contributed by atoms with Crippen molar-refractivity contribution in [2.45, 2.75) is 36.3 Å². The molecule has 0 saturated heterocycles. The first-order chi connectivity index (χ1) is 16.3. The van der Waals surface area contributed by atoms with E-state index in [0.717, 1.165) is 35.4 Å². The summed E-state index contributed by atoms with van der Waals surface area (Å²) < 4.78 is 29.7. The molecule has 9 nitrogen and oxygen atoms in total. The van der Waals surface area contributed by atoms with Crippen LogP contribution in [0.3, 0.4) is 0 Å². The molecule has 2 atom stereocenters. The molecular formula is C24H22N4O5S. The second kappa shape index (κ2) is 8.54. The first-order valence-electron chi connectivity index (χ1n) is 10.8. The Bertz CT molecular complexity index is 1370. The second-order valence-corrected chi connectivity index (χ2v) is 9.87. The third kappa shape index (κ3) is 4.25. The van der Waals surface area contributed by atoms with Gasteiger partial charge in [-0.1, -0.05) is 18.2 Å². The summed E-state index contributed by atoms with van der Waals surface area (Å²) in [6.45, 7) is 0. The molecule has 2 heterocycles. The van der Waals surface area contributed by atoms with Crippen molar-refractivity contribution in [3.8, 4) is 5.75 Å². The average molecular weight is 479 g/mol. The number of benzene rings is 3. The van der Waals surface area contributed by atoms with Crippen LogP contribution in [0.1, 0.15) is 24.0 Å². The van der Waals surface area contributed by atoms with Crippen LogP contribution in [0, 0.1) is 10.1 Å². The molecule has 3 aromatic rings. The van der Waals surface area contributed by atoms with Gasteiger partial charge in [-0.2, -0.15) is 5.10 Å². The van der Waals surface area contributed by atoms with Gasteiger partial charge in [-0.3, -0.25) is 15.1 Å². The van der Waals surface area contributed by atoms with Crippen LogP contribution in [0.5, 0.6) is 5.75 Å². The average Bonchev–Trinajstić information content (AvgIpc) is 3.29. The number of non-ortho nitro benzene ring substituents is 1. The number of nitrogens with zero attached hydrogens (tertiary/aromatic N) is 3. The lowest BCUT2D eigenvalue weighted by Gasteiger charge is -2.34. The van der Waals surface area contributed by atoms with Crippen molar-refractivity contribution in [2.24, 2.45) is 10.2 Å². The van der Waals surface area contributed by atoms with Gasteiger partial charge in [0.2, 0.25) is 10.0 Å². The van der Waals surface area contributed by atoms with Crippen molar-refractivity contribution >= 4 is 27.1 Å². The van der Waals surface area contributed by atoms with E-state index in [1.807, 2.05) is 23.2 Å². The van der Waals surface area contributed by atoms with Gasteiger partial charge in [0.1, 0.15) is 11.9 Å². The number of rotatable bonds is 5. The second-order valence-electron chi connectivity index (χ2n) is 8.31. The largest absolute Gasteiger partial charge is 0.488 e. The quantitative estimate of drug-likeness (QED) is 0.441. The van der Waals surface area contributed by atoms with Crippen LogP contribution in [0.25, 0.3) is 0 Å². The number of nitro groups is 1. The number of sulfonamides is 1. The fourth-order valence-corrected chi connectivity index (χ4v) is 4.94. The highest BCUT2D eigenvalue weighted by Crippen LogP contribution is 2.36. The van der Waals surface area contributed by atoms with Crippen molar-refractivity contribution < 1.29 is 18.1 Å². The van der Waals surface area contributed by atoms with Crippen LogP contribution in [0.15, 0.2) is 82.8 Å². The maximum absolute atomic E-state index is 11.7. The van der Waals surface area contributed by atoms with E-state index in [0.29, 0.717) is 12.1 Å². The van der Waals surface area contributed by atoms with Crippen molar-refractivity contribution in [3.63, 3.8) is 0 Å². The Balaban J connectivity index is 1.49. The number of aryl methyl sites for hydroxylation is 1. The zero-order chi connectivity index (χ0) is 23.9. The van der Waals surface area contributed by atoms with Crippen LogP contribution < -0.4 is 14.9 Å². The maximum Gasteiger partial charge on any atom is 0.269 e. The van der Waals surface area contributed by atoms with E-state index in [1.54, 1.807) is 24.3 Å². The number of hydrogen-bond donors (Lipinski definition) is 1. The fourth-order valence-electron chi connectivity index (χ4n) is 4.42. The Labute approximate surface area is 196 Å². The first kappa shape index (κ1) is 22.1. The van der Waals surface area contributed by atoms with Crippen LogP contribution in [0.2, 0.25) is 0 Å². The summed E-state index contributed by atoms with van der Waals surface area (Å²) in [5, 5.41) is 22.9. The van der Waals surface area contributed by atoms with Gasteiger partial charge < -0.3 is 4.74 Å². The van der Waals surface area contributed by atoms with Gasteiger partial charge in [0.05, 0.1) is 27.3 Å². The molecule has 2 unspecified atom stereocenters. The van der Waals surface area contributed by atoms with E-state index < -0.39 is 14.9 Å². The molecule has 0 radical (unpaired) electrons. The zero-order valence-electron chi connectivity index (χ0n) is 18.1. The van der Waals surface area contributed by atoms with Crippen LogP contribution >= 0.6 is 0 Å². The van der Waals surface area contributed by atoms with Gasteiger partial charge in [0, 0.05) is 18.6 Å². The molecule has 3 aromatic carbocycles. The molecule has 0 amide bonds. The van der Waals surface area contributed by atoms with Crippen LogP contribution in [-0.4, -0.2) is 31.2 Å².